The van der Waals surface area contributed by atoms with Crippen molar-refractivity contribution in [3.63, 3.8) is 0 Å². The second-order valence-electron chi connectivity index (χ2n) is 5.80. The van der Waals surface area contributed by atoms with E-state index in [9.17, 15) is 0 Å². The van der Waals surface area contributed by atoms with Gasteiger partial charge < -0.3 is 9.47 Å². The molecule has 0 unspecified atom stereocenters. The van der Waals surface area contributed by atoms with E-state index < -0.39 is 0 Å². The molecule has 3 aromatic rings. The molecule has 0 atom stereocenters. The average molecular weight is 422 g/mol. The molecule has 3 rings (SSSR count). The van der Waals surface area contributed by atoms with Gasteiger partial charge in [0.25, 0.3) is 0 Å². The average Bonchev–Trinajstić information content (AvgIpc) is 2.73. The van der Waals surface area contributed by atoms with Crippen LogP contribution in [0.3, 0.4) is 0 Å². The summed E-state index contributed by atoms with van der Waals surface area (Å²) in [4.78, 5) is 4.74. The van der Waals surface area contributed by atoms with Crippen LogP contribution in [0.5, 0.6) is 11.5 Å². The van der Waals surface area contributed by atoms with Gasteiger partial charge in [0.05, 0.1) is 19.9 Å². The Labute approximate surface area is 168 Å². The smallest absolute Gasteiger partial charge is 0.118 e. The molecule has 0 N–H and O–H groups in total. The zero-order chi connectivity index (χ0) is 19.1. The number of methoxy groups -OCH3 is 2. The summed E-state index contributed by atoms with van der Waals surface area (Å²) in [5.41, 5.74) is 4.00. The van der Waals surface area contributed by atoms with E-state index in [1.54, 1.807) is 14.2 Å². The number of halogens is 1. The summed E-state index contributed by atoms with van der Waals surface area (Å²) < 4.78 is 11.6. The summed E-state index contributed by atoms with van der Waals surface area (Å²) in [6, 6.07) is 23.9. The molecular formula is C23H20BrNO2. The van der Waals surface area contributed by atoms with Crippen molar-refractivity contribution in [2.24, 2.45) is 4.99 Å². The summed E-state index contributed by atoms with van der Waals surface area (Å²) >= 11 is 3.45. The standard InChI is InChI=1S/C23H20BrNO2/c1-26-21-11-5-18(6-12-21)23(19-7-13-22(27-2)14-8-19)25-16-15-17-3-9-20(24)10-4-17/h3-16H,1-2H3/b16-15+. The van der Waals surface area contributed by atoms with Crippen LogP contribution in [0.4, 0.5) is 0 Å². The van der Waals surface area contributed by atoms with Gasteiger partial charge in [-0.2, -0.15) is 0 Å². The maximum Gasteiger partial charge on any atom is 0.118 e. The van der Waals surface area contributed by atoms with Crippen LogP contribution in [0, 0.1) is 0 Å². The lowest BCUT2D eigenvalue weighted by atomic mass is 10.0. The summed E-state index contributed by atoms with van der Waals surface area (Å²) in [6.07, 6.45) is 3.81. The highest BCUT2D eigenvalue weighted by Gasteiger charge is 2.07. The van der Waals surface area contributed by atoms with Crippen LogP contribution in [0.2, 0.25) is 0 Å². The van der Waals surface area contributed by atoms with Gasteiger partial charge in [-0.05, 0) is 72.3 Å². The molecule has 0 radical (unpaired) electrons. The minimum atomic E-state index is 0.818. The van der Waals surface area contributed by atoms with Gasteiger partial charge in [0.15, 0.2) is 0 Å². The molecule has 0 aromatic heterocycles. The van der Waals surface area contributed by atoms with Gasteiger partial charge in [-0.1, -0.05) is 28.1 Å². The summed E-state index contributed by atoms with van der Waals surface area (Å²) in [5, 5.41) is 0. The zero-order valence-electron chi connectivity index (χ0n) is 15.2. The van der Waals surface area contributed by atoms with Gasteiger partial charge in [-0.25, -0.2) is 0 Å². The largest absolute Gasteiger partial charge is 0.497 e. The lowest BCUT2D eigenvalue weighted by Gasteiger charge is -2.08. The molecule has 0 saturated heterocycles. The number of rotatable bonds is 6. The highest BCUT2D eigenvalue weighted by Crippen LogP contribution is 2.19. The Balaban J connectivity index is 1.95. The number of aliphatic imine (C=N–C) groups is 1. The Morgan fingerprint density at radius 2 is 1.22 bits per heavy atom. The van der Waals surface area contributed by atoms with Crippen LogP contribution < -0.4 is 9.47 Å². The van der Waals surface area contributed by atoms with Crippen LogP contribution in [0.25, 0.3) is 6.08 Å². The molecular weight excluding hydrogens is 402 g/mol. The Bertz CT molecular complexity index is 878. The Morgan fingerprint density at radius 1 is 0.741 bits per heavy atom. The highest BCUT2D eigenvalue weighted by atomic mass is 79.9. The van der Waals surface area contributed by atoms with Gasteiger partial charge in [-0.15, -0.1) is 0 Å². The number of hydrogen-bond acceptors (Lipinski definition) is 3. The first-order valence-corrected chi connectivity index (χ1v) is 9.27. The van der Waals surface area contributed by atoms with Crippen LogP contribution >= 0.6 is 15.9 Å². The molecule has 0 heterocycles. The molecule has 4 heteroatoms. The fourth-order valence-corrected chi connectivity index (χ4v) is 2.85. The van der Waals surface area contributed by atoms with E-state index in [0.29, 0.717) is 0 Å². The highest BCUT2D eigenvalue weighted by molar-refractivity contribution is 9.10. The third-order valence-corrected chi connectivity index (χ3v) is 4.60. The molecule has 0 amide bonds. The predicted octanol–water partition coefficient (Wildman–Crippen LogP) is 5.97. The van der Waals surface area contributed by atoms with Gasteiger partial charge >= 0.3 is 0 Å². The van der Waals surface area contributed by atoms with Crippen molar-refractivity contribution in [2.45, 2.75) is 0 Å². The van der Waals surface area contributed by atoms with Crippen molar-refractivity contribution >= 4 is 27.7 Å². The molecule has 0 aliphatic carbocycles. The molecule has 3 aromatic carbocycles. The van der Waals surface area contributed by atoms with E-state index in [2.05, 4.69) is 15.9 Å². The van der Waals surface area contributed by atoms with Crippen LogP contribution in [0.1, 0.15) is 16.7 Å². The number of nitrogens with zero attached hydrogens (tertiary/aromatic N) is 1. The summed E-state index contributed by atoms with van der Waals surface area (Å²) in [7, 11) is 3.32. The van der Waals surface area contributed by atoms with E-state index in [0.717, 1.165) is 38.4 Å². The number of benzene rings is 3. The lowest BCUT2D eigenvalue weighted by Crippen LogP contribution is -2.03. The summed E-state index contributed by atoms with van der Waals surface area (Å²) in [6.45, 7) is 0. The van der Waals surface area contributed by atoms with Crippen molar-refractivity contribution in [1.29, 1.82) is 0 Å². The van der Waals surface area contributed by atoms with E-state index in [1.807, 2.05) is 85.1 Å². The van der Waals surface area contributed by atoms with Crippen LogP contribution in [0.15, 0.2) is 88.5 Å². The van der Waals surface area contributed by atoms with Crippen molar-refractivity contribution in [3.05, 3.63) is 100 Å². The molecule has 0 spiro atoms. The maximum atomic E-state index is 5.26. The minimum Gasteiger partial charge on any atom is -0.497 e. The predicted molar refractivity (Wildman–Crippen MR) is 115 cm³/mol. The molecule has 0 bridgehead atoms. The third kappa shape index (κ3) is 5.08. The first-order valence-electron chi connectivity index (χ1n) is 8.48. The summed E-state index contributed by atoms with van der Waals surface area (Å²) in [5.74, 6) is 1.64. The number of ether oxygens (including phenoxy) is 2. The normalized spacial score (nSPS) is 10.6. The topological polar surface area (TPSA) is 30.8 Å². The maximum absolute atomic E-state index is 5.26. The molecule has 0 saturated carbocycles. The zero-order valence-corrected chi connectivity index (χ0v) is 16.8. The number of hydrogen-bond donors (Lipinski definition) is 0. The Hall–Kier alpha value is -2.85. The fourth-order valence-electron chi connectivity index (χ4n) is 2.59. The monoisotopic (exact) mass is 421 g/mol. The van der Waals surface area contributed by atoms with Gasteiger partial charge in [-0.3, -0.25) is 4.99 Å². The van der Waals surface area contributed by atoms with E-state index in [1.165, 1.54) is 0 Å². The van der Waals surface area contributed by atoms with Gasteiger partial charge in [0.1, 0.15) is 11.5 Å². The van der Waals surface area contributed by atoms with Crippen LogP contribution in [-0.2, 0) is 0 Å². The lowest BCUT2D eigenvalue weighted by molar-refractivity contribution is 0.414. The molecule has 27 heavy (non-hydrogen) atoms. The van der Waals surface area contributed by atoms with E-state index in [4.69, 9.17) is 14.5 Å². The van der Waals surface area contributed by atoms with Crippen molar-refractivity contribution in [3.8, 4) is 11.5 Å². The molecule has 3 nitrogen and oxygen atoms in total. The SMILES string of the molecule is COc1ccc(C(=N/C=C/c2ccc(Br)cc2)c2ccc(OC)cc2)cc1. The van der Waals surface area contributed by atoms with Crippen LogP contribution in [-0.4, -0.2) is 19.9 Å². The van der Waals surface area contributed by atoms with Crippen molar-refractivity contribution in [2.75, 3.05) is 14.2 Å². The van der Waals surface area contributed by atoms with E-state index >= 15 is 0 Å². The second kappa shape index (κ2) is 9.19. The second-order valence-corrected chi connectivity index (χ2v) is 6.72. The first kappa shape index (κ1) is 18.9. The first-order chi connectivity index (χ1) is 13.2. The Kier molecular flexibility index (Phi) is 6.44. The van der Waals surface area contributed by atoms with Crippen molar-refractivity contribution < 1.29 is 9.47 Å². The fraction of sp³-hybridized carbons (Fsp3) is 0.0870. The minimum absolute atomic E-state index is 0.818. The molecule has 0 aliphatic rings. The van der Waals surface area contributed by atoms with Gasteiger partial charge in [0, 0.05) is 21.8 Å². The molecule has 0 fully saturated rings. The quantitative estimate of drug-likeness (QED) is 0.458. The van der Waals surface area contributed by atoms with E-state index in [-0.39, 0.29) is 0 Å². The Morgan fingerprint density at radius 3 is 1.67 bits per heavy atom. The third-order valence-electron chi connectivity index (χ3n) is 4.07. The van der Waals surface area contributed by atoms with Crippen molar-refractivity contribution in [1.82, 2.24) is 0 Å². The molecule has 0 aliphatic heterocycles. The molecule has 136 valence electrons. The van der Waals surface area contributed by atoms with Gasteiger partial charge in [0.2, 0.25) is 0 Å².